The van der Waals surface area contributed by atoms with Crippen molar-refractivity contribution < 1.29 is 9.84 Å². The minimum Gasteiger partial charge on any atom is -0.496 e. The van der Waals surface area contributed by atoms with Crippen molar-refractivity contribution in [3.05, 3.63) is 59.9 Å². The molecule has 3 heteroatoms. The van der Waals surface area contributed by atoms with Crippen LogP contribution in [-0.4, -0.2) is 23.8 Å². The first-order valence-corrected chi connectivity index (χ1v) is 5.98. The molecule has 2 aromatic rings. The molecule has 1 N–H and O–H groups in total. The maximum atomic E-state index is 9.59. The van der Waals surface area contributed by atoms with Gasteiger partial charge in [-0.15, -0.1) is 0 Å². The number of aliphatic hydroxyl groups excluding tert-OH is 1. The second-order valence-electron chi connectivity index (χ2n) is 4.18. The Hall–Kier alpha value is -1.87. The minimum atomic E-state index is 0.0450. The van der Waals surface area contributed by atoms with Crippen LogP contribution in [0.5, 0.6) is 5.75 Å². The molecule has 0 spiro atoms. The molecule has 0 radical (unpaired) electrons. The summed E-state index contributed by atoms with van der Waals surface area (Å²) in [5.74, 6) is 0.870. The fourth-order valence-corrected chi connectivity index (χ4v) is 2.08. The number of rotatable bonds is 5. The highest BCUT2D eigenvalue weighted by Crippen LogP contribution is 2.28. The molecular formula is C15H17NO2. The van der Waals surface area contributed by atoms with Gasteiger partial charge in [-0.3, -0.25) is 4.98 Å². The van der Waals surface area contributed by atoms with E-state index >= 15 is 0 Å². The van der Waals surface area contributed by atoms with Gasteiger partial charge in [0.05, 0.1) is 13.7 Å². The Morgan fingerprint density at radius 2 is 1.89 bits per heavy atom. The summed E-state index contributed by atoms with van der Waals surface area (Å²) in [5.41, 5.74) is 2.20. The number of methoxy groups -OCH3 is 1. The van der Waals surface area contributed by atoms with E-state index in [4.69, 9.17) is 4.74 Å². The monoisotopic (exact) mass is 243 g/mol. The Morgan fingerprint density at radius 3 is 2.56 bits per heavy atom. The van der Waals surface area contributed by atoms with Crippen LogP contribution in [-0.2, 0) is 6.42 Å². The van der Waals surface area contributed by atoms with E-state index in [1.807, 2.05) is 36.4 Å². The third-order valence-corrected chi connectivity index (χ3v) is 3.03. The summed E-state index contributed by atoms with van der Waals surface area (Å²) in [6.07, 6.45) is 4.32. The number of pyridine rings is 1. The lowest BCUT2D eigenvalue weighted by Crippen LogP contribution is -2.09. The molecule has 0 aliphatic rings. The summed E-state index contributed by atoms with van der Waals surface area (Å²) in [7, 11) is 1.65. The lowest BCUT2D eigenvalue weighted by Gasteiger charge is -2.17. The molecule has 1 aromatic heterocycles. The molecule has 94 valence electrons. The normalized spacial score (nSPS) is 12.1. The third-order valence-electron chi connectivity index (χ3n) is 3.03. The van der Waals surface area contributed by atoms with Crippen molar-refractivity contribution in [3.8, 4) is 5.75 Å². The zero-order valence-electron chi connectivity index (χ0n) is 10.4. The van der Waals surface area contributed by atoms with Gasteiger partial charge in [0.25, 0.3) is 0 Å². The number of ether oxygens (including phenoxy) is 1. The largest absolute Gasteiger partial charge is 0.496 e. The van der Waals surface area contributed by atoms with Crippen LogP contribution >= 0.6 is 0 Å². The van der Waals surface area contributed by atoms with Gasteiger partial charge in [0.15, 0.2) is 0 Å². The van der Waals surface area contributed by atoms with E-state index in [0.29, 0.717) is 0 Å². The molecule has 18 heavy (non-hydrogen) atoms. The first kappa shape index (κ1) is 12.6. The predicted molar refractivity (Wildman–Crippen MR) is 70.8 cm³/mol. The van der Waals surface area contributed by atoms with Gasteiger partial charge >= 0.3 is 0 Å². The summed E-state index contributed by atoms with van der Waals surface area (Å²) in [4.78, 5) is 4.00. The van der Waals surface area contributed by atoms with Crippen molar-refractivity contribution in [1.82, 2.24) is 4.98 Å². The SMILES string of the molecule is COc1ccccc1C(CO)Cc1ccncc1. The maximum Gasteiger partial charge on any atom is 0.122 e. The van der Waals surface area contributed by atoms with Crippen molar-refractivity contribution >= 4 is 0 Å². The molecular weight excluding hydrogens is 226 g/mol. The summed E-state index contributed by atoms with van der Waals surface area (Å²) in [6, 6.07) is 11.8. The van der Waals surface area contributed by atoms with E-state index in [1.54, 1.807) is 19.5 Å². The van der Waals surface area contributed by atoms with Gasteiger partial charge in [-0.25, -0.2) is 0 Å². The average molecular weight is 243 g/mol. The van der Waals surface area contributed by atoms with Crippen molar-refractivity contribution in [2.45, 2.75) is 12.3 Å². The Morgan fingerprint density at radius 1 is 1.17 bits per heavy atom. The Balaban J connectivity index is 2.23. The lowest BCUT2D eigenvalue weighted by atomic mass is 9.92. The molecule has 0 fully saturated rings. The summed E-state index contributed by atoms with van der Waals surface area (Å²) in [6.45, 7) is 0.0999. The van der Waals surface area contributed by atoms with Crippen molar-refractivity contribution in [3.63, 3.8) is 0 Å². The quantitative estimate of drug-likeness (QED) is 0.877. The van der Waals surface area contributed by atoms with Crippen LogP contribution in [0.15, 0.2) is 48.8 Å². The first-order chi connectivity index (χ1) is 8.85. The van der Waals surface area contributed by atoms with Crippen molar-refractivity contribution in [2.75, 3.05) is 13.7 Å². The number of benzene rings is 1. The minimum absolute atomic E-state index is 0.0450. The molecule has 0 saturated carbocycles. The predicted octanol–water partition coefficient (Wildman–Crippen LogP) is 2.41. The molecule has 0 amide bonds. The zero-order valence-corrected chi connectivity index (χ0v) is 10.4. The fraction of sp³-hybridized carbons (Fsp3) is 0.267. The fourth-order valence-electron chi connectivity index (χ4n) is 2.08. The Bertz CT molecular complexity index is 485. The molecule has 1 atom stereocenters. The molecule has 2 rings (SSSR count). The van der Waals surface area contributed by atoms with Crippen LogP contribution in [0.3, 0.4) is 0 Å². The standard InChI is InChI=1S/C15H17NO2/c1-18-15-5-3-2-4-14(15)13(11-17)10-12-6-8-16-9-7-12/h2-9,13,17H,10-11H2,1H3. The number of nitrogens with zero attached hydrogens (tertiary/aromatic N) is 1. The average Bonchev–Trinajstić information content (AvgIpc) is 2.46. The van der Waals surface area contributed by atoms with Gasteiger partial charge in [-0.1, -0.05) is 18.2 Å². The summed E-state index contributed by atoms with van der Waals surface area (Å²) < 4.78 is 5.34. The highest BCUT2D eigenvalue weighted by molar-refractivity contribution is 5.37. The Labute approximate surface area is 107 Å². The molecule has 3 nitrogen and oxygen atoms in total. The van der Waals surface area contributed by atoms with Crippen LogP contribution in [0.4, 0.5) is 0 Å². The van der Waals surface area contributed by atoms with E-state index in [0.717, 1.165) is 23.3 Å². The molecule has 0 aliphatic heterocycles. The molecule has 0 saturated heterocycles. The summed E-state index contributed by atoms with van der Waals surface area (Å²) in [5, 5.41) is 9.59. The molecule has 1 unspecified atom stereocenters. The van der Waals surface area contributed by atoms with Crippen LogP contribution in [0.25, 0.3) is 0 Å². The second kappa shape index (κ2) is 6.17. The van der Waals surface area contributed by atoms with Gasteiger partial charge < -0.3 is 9.84 Å². The third kappa shape index (κ3) is 2.87. The topological polar surface area (TPSA) is 42.4 Å². The van der Waals surface area contributed by atoms with Gasteiger partial charge in [0.1, 0.15) is 5.75 Å². The van der Waals surface area contributed by atoms with Crippen LogP contribution in [0.2, 0.25) is 0 Å². The number of hydrogen-bond acceptors (Lipinski definition) is 3. The second-order valence-corrected chi connectivity index (χ2v) is 4.18. The van der Waals surface area contributed by atoms with E-state index in [-0.39, 0.29) is 12.5 Å². The van der Waals surface area contributed by atoms with E-state index in [2.05, 4.69) is 4.98 Å². The van der Waals surface area contributed by atoms with E-state index < -0.39 is 0 Å². The Kier molecular flexibility index (Phi) is 4.31. The van der Waals surface area contributed by atoms with Crippen LogP contribution in [0, 0.1) is 0 Å². The maximum absolute atomic E-state index is 9.59. The van der Waals surface area contributed by atoms with Crippen LogP contribution in [0.1, 0.15) is 17.0 Å². The van der Waals surface area contributed by atoms with Gasteiger partial charge in [-0.05, 0) is 35.7 Å². The summed E-state index contributed by atoms with van der Waals surface area (Å²) >= 11 is 0. The first-order valence-electron chi connectivity index (χ1n) is 5.98. The highest BCUT2D eigenvalue weighted by atomic mass is 16.5. The number of aromatic nitrogens is 1. The zero-order chi connectivity index (χ0) is 12.8. The van der Waals surface area contributed by atoms with E-state index in [9.17, 15) is 5.11 Å². The van der Waals surface area contributed by atoms with Crippen LogP contribution < -0.4 is 4.74 Å². The smallest absolute Gasteiger partial charge is 0.122 e. The molecule has 1 aromatic carbocycles. The number of aliphatic hydroxyl groups is 1. The number of hydrogen-bond donors (Lipinski definition) is 1. The van der Waals surface area contributed by atoms with Gasteiger partial charge in [0.2, 0.25) is 0 Å². The highest BCUT2D eigenvalue weighted by Gasteiger charge is 2.15. The van der Waals surface area contributed by atoms with E-state index in [1.165, 1.54) is 0 Å². The molecule has 0 bridgehead atoms. The van der Waals surface area contributed by atoms with Crippen molar-refractivity contribution in [1.29, 1.82) is 0 Å². The van der Waals surface area contributed by atoms with Gasteiger partial charge in [0, 0.05) is 18.3 Å². The molecule has 1 heterocycles. The van der Waals surface area contributed by atoms with Gasteiger partial charge in [-0.2, -0.15) is 0 Å². The van der Waals surface area contributed by atoms with Crippen molar-refractivity contribution in [2.24, 2.45) is 0 Å². The number of para-hydroxylation sites is 1. The lowest BCUT2D eigenvalue weighted by molar-refractivity contribution is 0.261. The molecule has 0 aliphatic carbocycles.